The Morgan fingerprint density at radius 1 is 1.14 bits per heavy atom. The summed E-state index contributed by atoms with van der Waals surface area (Å²) in [6.07, 6.45) is 7.76. The lowest BCUT2D eigenvalue weighted by Gasteiger charge is -2.18. The molecule has 0 saturated heterocycles. The van der Waals surface area contributed by atoms with Gasteiger partial charge < -0.3 is 9.73 Å². The predicted octanol–water partition coefficient (Wildman–Crippen LogP) is 4.08. The van der Waals surface area contributed by atoms with Gasteiger partial charge in [-0.1, -0.05) is 26.8 Å². The summed E-state index contributed by atoms with van der Waals surface area (Å²) in [4.78, 5) is 4.59. The number of furan rings is 1. The maximum atomic E-state index is 5.59. The monoisotopic (exact) mass is 286 g/mol. The Morgan fingerprint density at radius 2 is 2.00 bits per heavy atom. The smallest absolute Gasteiger partial charge is 0.108 e. The number of nitrogens with zero attached hydrogens (tertiary/aromatic N) is 1. The molecule has 2 rings (SSSR count). The average Bonchev–Trinajstić information content (AvgIpc) is 3.00. The van der Waals surface area contributed by atoms with Gasteiger partial charge in [-0.2, -0.15) is 0 Å². The SMILES string of the molecule is CCCNC(Cc1ccc(CC)cn1)c1ccoc1CC. The van der Waals surface area contributed by atoms with Gasteiger partial charge in [0.2, 0.25) is 0 Å². The van der Waals surface area contributed by atoms with Crippen molar-refractivity contribution in [3.63, 3.8) is 0 Å². The fourth-order valence-electron chi connectivity index (χ4n) is 2.55. The van der Waals surface area contributed by atoms with Crippen LogP contribution in [-0.4, -0.2) is 11.5 Å². The molecule has 3 nitrogen and oxygen atoms in total. The summed E-state index contributed by atoms with van der Waals surface area (Å²) in [5.74, 6) is 1.08. The van der Waals surface area contributed by atoms with E-state index in [1.165, 1.54) is 11.1 Å². The van der Waals surface area contributed by atoms with Gasteiger partial charge in [0.1, 0.15) is 5.76 Å². The van der Waals surface area contributed by atoms with E-state index < -0.39 is 0 Å². The van der Waals surface area contributed by atoms with Crippen molar-refractivity contribution in [2.75, 3.05) is 6.54 Å². The molecule has 0 bridgehead atoms. The zero-order chi connectivity index (χ0) is 15.1. The molecule has 2 aromatic rings. The second kappa shape index (κ2) is 7.99. The Morgan fingerprint density at radius 3 is 2.62 bits per heavy atom. The number of rotatable bonds is 8. The highest BCUT2D eigenvalue weighted by molar-refractivity contribution is 5.24. The summed E-state index contributed by atoms with van der Waals surface area (Å²) in [6.45, 7) is 7.48. The Balaban J connectivity index is 2.15. The van der Waals surface area contributed by atoms with Crippen LogP contribution in [0.5, 0.6) is 0 Å². The Bertz CT molecular complexity index is 530. The fraction of sp³-hybridized carbons (Fsp3) is 0.500. The van der Waals surface area contributed by atoms with Crippen molar-refractivity contribution < 1.29 is 4.42 Å². The standard InChI is InChI=1S/C18H26N2O/c1-4-10-19-17(16-9-11-21-18(16)6-3)12-15-8-7-14(5-2)13-20-15/h7-9,11,13,17,19H,4-6,10,12H2,1-3H3. The van der Waals surface area contributed by atoms with Gasteiger partial charge in [-0.05, 0) is 37.1 Å². The molecule has 0 aromatic carbocycles. The molecule has 0 spiro atoms. The van der Waals surface area contributed by atoms with Crippen molar-refractivity contribution >= 4 is 0 Å². The highest BCUT2D eigenvalue weighted by Crippen LogP contribution is 2.23. The van der Waals surface area contributed by atoms with E-state index in [4.69, 9.17) is 4.42 Å². The lowest BCUT2D eigenvalue weighted by atomic mass is 10.0. The van der Waals surface area contributed by atoms with Crippen LogP contribution in [0.4, 0.5) is 0 Å². The molecule has 0 fully saturated rings. The molecule has 1 unspecified atom stereocenters. The van der Waals surface area contributed by atoms with Gasteiger partial charge in [-0.15, -0.1) is 0 Å². The Labute approximate surface area is 127 Å². The second-order valence-electron chi connectivity index (χ2n) is 5.37. The van der Waals surface area contributed by atoms with Gasteiger partial charge >= 0.3 is 0 Å². The fourth-order valence-corrected chi connectivity index (χ4v) is 2.55. The minimum atomic E-state index is 0.277. The lowest BCUT2D eigenvalue weighted by molar-refractivity contribution is 0.480. The number of nitrogens with one attached hydrogen (secondary N) is 1. The summed E-state index contributed by atoms with van der Waals surface area (Å²) in [7, 11) is 0. The predicted molar refractivity (Wildman–Crippen MR) is 86.4 cm³/mol. The van der Waals surface area contributed by atoms with E-state index in [0.717, 1.165) is 43.7 Å². The number of hydrogen-bond donors (Lipinski definition) is 1. The van der Waals surface area contributed by atoms with Crippen molar-refractivity contribution in [3.8, 4) is 0 Å². The Hall–Kier alpha value is -1.61. The van der Waals surface area contributed by atoms with Crippen LogP contribution in [0, 0.1) is 0 Å². The van der Waals surface area contributed by atoms with E-state index in [2.05, 4.69) is 49.3 Å². The molecule has 2 aromatic heterocycles. The normalized spacial score (nSPS) is 12.5. The molecule has 1 atom stereocenters. The second-order valence-corrected chi connectivity index (χ2v) is 5.37. The van der Waals surface area contributed by atoms with Crippen molar-refractivity contribution in [1.29, 1.82) is 0 Å². The first-order chi connectivity index (χ1) is 10.3. The first kappa shape index (κ1) is 15.8. The van der Waals surface area contributed by atoms with Crippen molar-refractivity contribution in [2.45, 2.75) is 52.5 Å². The Kier molecular flexibility index (Phi) is 6.00. The summed E-state index contributed by atoms with van der Waals surface area (Å²) < 4.78 is 5.59. The molecule has 0 aliphatic rings. The van der Waals surface area contributed by atoms with Crippen LogP contribution in [-0.2, 0) is 19.3 Å². The molecular formula is C18H26N2O. The van der Waals surface area contributed by atoms with Gasteiger partial charge in [0, 0.05) is 36.3 Å². The van der Waals surface area contributed by atoms with Gasteiger partial charge in [0.05, 0.1) is 6.26 Å². The van der Waals surface area contributed by atoms with E-state index in [1.54, 1.807) is 6.26 Å². The lowest BCUT2D eigenvalue weighted by Crippen LogP contribution is -2.25. The summed E-state index contributed by atoms with van der Waals surface area (Å²) >= 11 is 0. The van der Waals surface area contributed by atoms with Crippen molar-refractivity contribution in [1.82, 2.24) is 10.3 Å². The topological polar surface area (TPSA) is 38.1 Å². The minimum Gasteiger partial charge on any atom is -0.469 e. The van der Waals surface area contributed by atoms with Gasteiger partial charge in [0.15, 0.2) is 0 Å². The molecule has 3 heteroatoms. The average molecular weight is 286 g/mol. The molecular weight excluding hydrogens is 260 g/mol. The minimum absolute atomic E-state index is 0.277. The number of hydrogen-bond acceptors (Lipinski definition) is 3. The highest BCUT2D eigenvalue weighted by atomic mass is 16.3. The highest BCUT2D eigenvalue weighted by Gasteiger charge is 2.17. The summed E-state index contributed by atoms with van der Waals surface area (Å²) in [5, 5.41) is 3.62. The van der Waals surface area contributed by atoms with Crippen molar-refractivity contribution in [2.24, 2.45) is 0 Å². The molecule has 0 aliphatic carbocycles. The number of aryl methyl sites for hydroxylation is 2. The maximum Gasteiger partial charge on any atom is 0.108 e. The van der Waals surface area contributed by atoms with Crippen LogP contribution in [0.15, 0.2) is 35.1 Å². The molecule has 0 amide bonds. The first-order valence-corrected chi connectivity index (χ1v) is 8.01. The zero-order valence-corrected chi connectivity index (χ0v) is 13.4. The van der Waals surface area contributed by atoms with E-state index in [-0.39, 0.29) is 6.04 Å². The molecule has 0 aliphatic heterocycles. The van der Waals surface area contributed by atoms with E-state index in [0.29, 0.717) is 0 Å². The quantitative estimate of drug-likeness (QED) is 0.794. The van der Waals surface area contributed by atoms with Gasteiger partial charge in [0.25, 0.3) is 0 Å². The largest absolute Gasteiger partial charge is 0.469 e. The molecule has 1 N–H and O–H groups in total. The van der Waals surface area contributed by atoms with Crippen LogP contribution in [0.1, 0.15) is 55.8 Å². The third kappa shape index (κ3) is 4.18. The zero-order valence-electron chi connectivity index (χ0n) is 13.4. The van der Waals surface area contributed by atoms with Crippen LogP contribution in [0.2, 0.25) is 0 Å². The maximum absolute atomic E-state index is 5.59. The molecule has 21 heavy (non-hydrogen) atoms. The molecule has 2 heterocycles. The third-order valence-corrected chi connectivity index (χ3v) is 3.82. The van der Waals surface area contributed by atoms with Crippen LogP contribution < -0.4 is 5.32 Å². The first-order valence-electron chi connectivity index (χ1n) is 8.01. The molecule has 0 saturated carbocycles. The van der Waals surface area contributed by atoms with Crippen molar-refractivity contribution in [3.05, 3.63) is 53.2 Å². The van der Waals surface area contributed by atoms with Gasteiger partial charge in [-0.25, -0.2) is 0 Å². The van der Waals surface area contributed by atoms with E-state index in [1.807, 2.05) is 6.20 Å². The van der Waals surface area contributed by atoms with Crippen LogP contribution in [0.3, 0.4) is 0 Å². The molecule has 0 radical (unpaired) electrons. The van der Waals surface area contributed by atoms with Crippen LogP contribution >= 0.6 is 0 Å². The summed E-state index contributed by atoms with van der Waals surface area (Å²) in [6, 6.07) is 6.69. The third-order valence-electron chi connectivity index (χ3n) is 3.82. The summed E-state index contributed by atoms with van der Waals surface area (Å²) in [5.41, 5.74) is 3.69. The van der Waals surface area contributed by atoms with Crippen LogP contribution in [0.25, 0.3) is 0 Å². The van der Waals surface area contributed by atoms with E-state index in [9.17, 15) is 0 Å². The van der Waals surface area contributed by atoms with Gasteiger partial charge in [-0.3, -0.25) is 4.98 Å². The number of pyridine rings is 1. The number of aromatic nitrogens is 1. The van der Waals surface area contributed by atoms with E-state index >= 15 is 0 Å². The molecule has 114 valence electrons.